The molecule has 0 aliphatic carbocycles. The molecule has 0 spiro atoms. The van der Waals surface area contributed by atoms with Gasteiger partial charge in [-0.1, -0.05) is 42.5 Å². The van der Waals surface area contributed by atoms with Gasteiger partial charge in [0.15, 0.2) is 12.4 Å². The third-order valence-corrected chi connectivity index (χ3v) is 3.04. The minimum Gasteiger partial charge on any atom is -0.494 e. The highest BCUT2D eigenvalue weighted by Gasteiger charge is 2.10. The third-order valence-electron chi connectivity index (χ3n) is 3.04. The zero-order valence-corrected chi connectivity index (χ0v) is 12.5. The van der Waals surface area contributed by atoms with E-state index in [2.05, 4.69) is 0 Å². The van der Waals surface area contributed by atoms with Crippen LogP contribution in [-0.4, -0.2) is 25.0 Å². The monoisotopic (exact) mass is 298 g/mol. The number of rotatable bonds is 7. The van der Waals surface area contributed by atoms with Gasteiger partial charge in [0, 0.05) is 5.56 Å². The highest BCUT2D eigenvalue weighted by Crippen LogP contribution is 2.12. The first-order chi connectivity index (χ1) is 10.7. The summed E-state index contributed by atoms with van der Waals surface area (Å²) < 4.78 is 10.4. The van der Waals surface area contributed by atoms with Crippen LogP contribution in [0.2, 0.25) is 0 Å². The van der Waals surface area contributed by atoms with E-state index in [1.165, 1.54) is 0 Å². The summed E-state index contributed by atoms with van der Waals surface area (Å²) in [5, 5.41) is 0. The van der Waals surface area contributed by atoms with Crippen molar-refractivity contribution in [2.24, 2.45) is 0 Å². The molecule has 22 heavy (non-hydrogen) atoms. The second kappa shape index (κ2) is 7.98. The van der Waals surface area contributed by atoms with Crippen molar-refractivity contribution in [3.05, 3.63) is 65.7 Å². The van der Waals surface area contributed by atoms with E-state index in [0.717, 1.165) is 11.3 Å². The van der Waals surface area contributed by atoms with Crippen molar-refractivity contribution in [3.63, 3.8) is 0 Å². The summed E-state index contributed by atoms with van der Waals surface area (Å²) in [5.41, 5.74) is 1.36. The Morgan fingerprint density at radius 2 is 1.64 bits per heavy atom. The number of carbonyl (C=O) groups excluding carboxylic acids is 2. The molecule has 0 unspecified atom stereocenters. The Morgan fingerprint density at radius 1 is 0.955 bits per heavy atom. The van der Waals surface area contributed by atoms with Crippen molar-refractivity contribution >= 4 is 11.8 Å². The number of esters is 1. The maximum Gasteiger partial charge on any atom is 0.310 e. The standard InChI is InChI=1S/C18H18O4/c1-2-21-16-10-8-14(9-11-16)12-18(20)22-13-17(19)15-6-4-3-5-7-15/h3-11H,2,12-13H2,1H3. The van der Waals surface area contributed by atoms with Crippen molar-refractivity contribution < 1.29 is 19.1 Å². The van der Waals surface area contributed by atoms with E-state index in [4.69, 9.17) is 9.47 Å². The molecule has 0 amide bonds. The van der Waals surface area contributed by atoms with Crippen LogP contribution < -0.4 is 4.74 Å². The topological polar surface area (TPSA) is 52.6 Å². The smallest absolute Gasteiger partial charge is 0.310 e. The van der Waals surface area contributed by atoms with Gasteiger partial charge in [0.25, 0.3) is 0 Å². The molecule has 4 heteroatoms. The van der Waals surface area contributed by atoms with Crippen LogP contribution in [0, 0.1) is 0 Å². The summed E-state index contributed by atoms with van der Waals surface area (Å²) in [6, 6.07) is 16.0. The number of benzene rings is 2. The van der Waals surface area contributed by atoms with Crippen molar-refractivity contribution in [1.29, 1.82) is 0 Å². The van der Waals surface area contributed by atoms with Crippen molar-refractivity contribution in [3.8, 4) is 5.75 Å². The van der Waals surface area contributed by atoms with E-state index < -0.39 is 5.97 Å². The largest absolute Gasteiger partial charge is 0.494 e. The molecule has 0 aliphatic rings. The second-order valence-corrected chi connectivity index (χ2v) is 4.70. The van der Waals surface area contributed by atoms with Crippen molar-refractivity contribution in [2.45, 2.75) is 13.3 Å². The number of Topliss-reactive ketones (excluding diaryl/α,β-unsaturated/α-hetero) is 1. The maximum absolute atomic E-state index is 11.8. The molecule has 114 valence electrons. The Morgan fingerprint density at radius 3 is 2.27 bits per heavy atom. The van der Waals surface area contributed by atoms with Gasteiger partial charge in [-0.05, 0) is 24.6 Å². The Hall–Kier alpha value is -2.62. The fraction of sp³-hybridized carbons (Fsp3) is 0.222. The summed E-state index contributed by atoms with van der Waals surface area (Å²) >= 11 is 0. The number of ether oxygens (including phenoxy) is 2. The molecule has 2 aromatic rings. The van der Waals surface area contributed by atoms with Gasteiger partial charge in [-0.3, -0.25) is 9.59 Å². The molecule has 0 atom stereocenters. The molecule has 0 heterocycles. The average molecular weight is 298 g/mol. The molecule has 0 fully saturated rings. The molecule has 0 aromatic heterocycles. The molecule has 0 saturated carbocycles. The van der Waals surface area contributed by atoms with Crippen LogP contribution in [0.15, 0.2) is 54.6 Å². The first kappa shape index (κ1) is 15.8. The van der Waals surface area contributed by atoms with Gasteiger partial charge < -0.3 is 9.47 Å². The first-order valence-electron chi connectivity index (χ1n) is 7.14. The minimum absolute atomic E-state index is 0.133. The quantitative estimate of drug-likeness (QED) is 0.582. The van der Waals surface area contributed by atoms with Gasteiger partial charge in [-0.2, -0.15) is 0 Å². The lowest BCUT2D eigenvalue weighted by Crippen LogP contribution is -2.15. The molecule has 4 nitrogen and oxygen atoms in total. The molecule has 0 N–H and O–H groups in total. The Labute approximate surface area is 129 Å². The summed E-state index contributed by atoms with van der Waals surface area (Å²) in [7, 11) is 0. The van der Waals surface area contributed by atoms with E-state index >= 15 is 0 Å². The highest BCUT2D eigenvalue weighted by atomic mass is 16.5. The molecule has 0 radical (unpaired) electrons. The van der Waals surface area contributed by atoms with Gasteiger partial charge in [0.2, 0.25) is 0 Å². The third kappa shape index (κ3) is 4.74. The zero-order chi connectivity index (χ0) is 15.8. The Kier molecular flexibility index (Phi) is 5.72. The average Bonchev–Trinajstić information content (AvgIpc) is 2.55. The molecule has 0 saturated heterocycles. The van der Waals surface area contributed by atoms with Crippen molar-refractivity contribution in [2.75, 3.05) is 13.2 Å². The second-order valence-electron chi connectivity index (χ2n) is 4.70. The first-order valence-corrected chi connectivity index (χ1v) is 7.14. The van der Waals surface area contributed by atoms with E-state index in [1.54, 1.807) is 36.4 Å². The predicted octanol–water partition coefficient (Wildman–Crippen LogP) is 3.05. The van der Waals surface area contributed by atoms with Gasteiger partial charge >= 0.3 is 5.97 Å². The van der Waals surface area contributed by atoms with Crippen LogP contribution in [-0.2, 0) is 16.0 Å². The highest BCUT2D eigenvalue weighted by molar-refractivity contribution is 5.97. The Balaban J connectivity index is 1.81. The Bertz CT molecular complexity index is 617. The number of hydrogen-bond donors (Lipinski definition) is 0. The van der Waals surface area contributed by atoms with E-state index in [0.29, 0.717) is 12.2 Å². The van der Waals surface area contributed by atoms with Crippen LogP contribution >= 0.6 is 0 Å². The molecule has 0 aliphatic heterocycles. The minimum atomic E-state index is -0.423. The van der Waals surface area contributed by atoms with Gasteiger partial charge in [0.05, 0.1) is 13.0 Å². The molecule has 2 rings (SSSR count). The maximum atomic E-state index is 11.8. The SMILES string of the molecule is CCOc1ccc(CC(=O)OCC(=O)c2ccccc2)cc1. The van der Waals surface area contributed by atoms with E-state index in [9.17, 15) is 9.59 Å². The lowest BCUT2D eigenvalue weighted by molar-refractivity contribution is -0.141. The summed E-state index contributed by atoms with van der Waals surface area (Å²) in [6.07, 6.45) is 0.133. The molecular formula is C18H18O4. The molecule has 0 bridgehead atoms. The normalized spacial score (nSPS) is 10.0. The summed E-state index contributed by atoms with van der Waals surface area (Å²) in [4.78, 5) is 23.6. The summed E-state index contributed by atoms with van der Waals surface area (Å²) in [5.74, 6) is 0.132. The van der Waals surface area contributed by atoms with Gasteiger partial charge in [-0.15, -0.1) is 0 Å². The number of carbonyl (C=O) groups is 2. The van der Waals surface area contributed by atoms with Gasteiger partial charge in [0.1, 0.15) is 5.75 Å². The zero-order valence-electron chi connectivity index (χ0n) is 12.5. The van der Waals surface area contributed by atoms with Crippen LogP contribution in [0.25, 0.3) is 0 Å². The lowest BCUT2D eigenvalue weighted by atomic mass is 10.1. The van der Waals surface area contributed by atoms with Crippen LogP contribution in [0.5, 0.6) is 5.75 Å². The summed E-state index contributed by atoms with van der Waals surface area (Å²) in [6.45, 7) is 2.28. The van der Waals surface area contributed by atoms with Gasteiger partial charge in [-0.25, -0.2) is 0 Å². The van der Waals surface area contributed by atoms with Crippen LogP contribution in [0.1, 0.15) is 22.8 Å². The molecule has 2 aromatic carbocycles. The fourth-order valence-electron chi connectivity index (χ4n) is 1.94. The predicted molar refractivity (Wildman–Crippen MR) is 83.0 cm³/mol. The van der Waals surface area contributed by atoms with E-state index in [-0.39, 0.29) is 18.8 Å². The van der Waals surface area contributed by atoms with Crippen LogP contribution in [0.4, 0.5) is 0 Å². The molecular weight excluding hydrogens is 280 g/mol. The lowest BCUT2D eigenvalue weighted by Gasteiger charge is -2.06. The fourth-order valence-corrected chi connectivity index (χ4v) is 1.94. The number of ketones is 1. The van der Waals surface area contributed by atoms with Crippen LogP contribution in [0.3, 0.4) is 0 Å². The van der Waals surface area contributed by atoms with E-state index in [1.807, 2.05) is 25.1 Å². The van der Waals surface area contributed by atoms with Crippen molar-refractivity contribution in [1.82, 2.24) is 0 Å². The number of hydrogen-bond acceptors (Lipinski definition) is 4.